The Bertz CT molecular complexity index is 723. The highest BCUT2D eigenvalue weighted by Crippen LogP contribution is 2.28. The number of carbonyl (C=O) groups excluding carboxylic acids is 2. The first kappa shape index (κ1) is 12.4. The van der Waals surface area contributed by atoms with E-state index >= 15 is 0 Å². The van der Waals surface area contributed by atoms with Crippen LogP contribution in [0.3, 0.4) is 0 Å². The summed E-state index contributed by atoms with van der Waals surface area (Å²) in [5.74, 6) is -0.0695. The first-order valence-electron chi connectivity index (χ1n) is 7.27. The Kier molecular flexibility index (Phi) is 2.70. The maximum atomic E-state index is 12.7. The van der Waals surface area contributed by atoms with E-state index in [0.29, 0.717) is 18.8 Å². The van der Waals surface area contributed by atoms with Crippen molar-refractivity contribution >= 4 is 22.8 Å². The summed E-state index contributed by atoms with van der Waals surface area (Å²) in [7, 11) is 0. The van der Waals surface area contributed by atoms with Crippen LogP contribution >= 0.6 is 0 Å². The molecule has 0 unspecified atom stereocenters. The van der Waals surface area contributed by atoms with Crippen LogP contribution in [0.25, 0.3) is 11.0 Å². The second-order valence-corrected chi connectivity index (χ2v) is 5.67. The van der Waals surface area contributed by atoms with Gasteiger partial charge in [0.2, 0.25) is 5.91 Å². The van der Waals surface area contributed by atoms with Crippen LogP contribution in [0.2, 0.25) is 0 Å². The van der Waals surface area contributed by atoms with Gasteiger partial charge in [-0.25, -0.2) is 4.98 Å². The van der Waals surface area contributed by atoms with Crippen LogP contribution in [0.5, 0.6) is 0 Å². The van der Waals surface area contributed by atoms with Crippen molar-refractivity contribution in [2.75, 3.05) is 13.1 Å². The Morgan fingerprint density at radius 2 is 2.24 bits per heavy atom. The Morgan fingerprint density at radius 3 is 3.14 bits per heavy atom. The second-order valence-electron chi connectivity index (χ2n) is 5.67. The molecule has 2 aliphatic heterocycles. The minimum Gasteiger partial charge on any atom is -0.354 e. The number of likely N-dealkylation sites (tertiary alicyclic amines) is 1. The van der Waals surface area contributed by atoms with Crippen molar-refractivity contribution in [1.29, 1.82) is 0 Å². The number of pyridine rings is 1. The Morgan fingerprint density at radius 1 is 1.33 bits per heavy atom. The van der Waals surface area contributed by atoms with E-state index in [0.717, 1.165) is 23.9 Å². The van der Waals surface area contributed by atoms with Crippen molar-refractivity contribution in [3.63, 3.8) is 0 Å². The van der Waals surface area contributed by atoms with E-state index in [9.17, 15) is 9.59 Å². The SMILES string of the molecule is O=C1NC[C@@H]2[C@H]1CCCN2C(=O)c1ccc2cc[nH]c2n1. The van der Waals surface area contributed by atoms with Gasteiger partial charge in [0.25, 0.3) is 5.91 Å². The number of piperidine rings is 1. The molecule has 2 atom stereocenters. The van der Waals surface area contributed by atoms with Crippen LogP contribution in [0.1, 0.15) is 23.3 Å². The highest BCUT2D eigenvalue weighted by Gasteiger charge is 2.42. The van der Waals surface area contributed by atoms with Crippen molar-refractivity contribution in [2.45, 2.75) is 18.9 Å². The van der Waals surface area contributed by atoms with Crippen LogP contribution in [0, 0.1) is 5.92 Å². The van der Waals surface area contributed by atoms with Gasteiger partial charge >= 0.3 is 0 Å². The number of hydrogen-bond acceptors (Lipinski definition) is 3. The lowest BCUT2D eigenvalue weighted by molar-refractivity contribution is -0.123. The molecule has 2 saturated heterocycles. The van der Waals surface area contributed by atoms with Gasteiger partial charge in [0, 0.05) is 24.7 Å². The summed E-state index contributed by atoms with van der Waals surface area (Å²) < 4.78 is 0. The smallest absolute Gasteiger partial charge is 0.272 e. The van der Waals surface area contributed by atoms with E-state index in [4.69, 9.17) is 0 Å². The van der Waals surface area contributed by atoms with Crippen molar-refractivity contribution in [2.24, 2.45) is 5.92 Å². The van der Waals surface area contributed by atoms with E-state index in [1.54, 1.807) is 6.07 Å². The van der Waals surface area contributed by atoms with Crippen LogP contribution in [-0.4, -0.2) is 45.8 Å². The highest BCUT2D eigenvalue weighted by molar-refractivity contribution is 5.95. The molecule has 4 rings (SSSR count). The monoisotopic (exact) mass is 284 g/mol. The standard InChI is InChI=1S/C15H16N4O2/c20-14-10-2-1-7-19(12(10)8-17-14)15(21)11-4-3-9-5-6-16-13(9)18-11/h3-6,10,12H,1-2,7-8H2,(H,16,18)(H,17,20)/t10-,12-/m1/s1. The molecule has 21 heavy (non-hydrogen) atoms. The second kappa shape index (κ2) is 4.58. The molecule has 2 aromatic rings. The van der Waals surface area contributed by atoms with E-state index in [2.05, 4.69) is 15.3 Å². The molecule has 0 spiro atoms. The minimum absolute atomic E-state index is 0.0279. The molecule has 0 saturated carbocycles. The number of carbonyl (C=O) groups is 2. The molecule has 2 amide bonds. The fourth-order valence-electron chi connectivity index (χ4n) is 3.40. The number of aromatic amines is 1. The van der Waals surface area contributed by atoms with Crippen LogP contribution in [-0.2, 0) is 4.79 Å². The van der Waals surface area contributed by atoms with Crippen molar-refractivity contribution in [1.82, 2.24) is 20.2 Å². The average molecular weight is 284 g/mol. The van der Waals surface area contributed by atoms with Gasteiger partial charge in [0.05, 0.1) is 12.0 Å². The predicted molar refractivity (Wildman–Crippen MR) is 76.7 cm³/mol. The zero-order valence-corrected chi connectivity index (χ0v) is 11.5. The molecule has 6 heteroatoms. The first-order chi connectivity index (χ1) is 10.2. The summed E-state index contributed by atoms with van der Waals surface area (Å²) in [4.78, 5) is 33.7. The van der Waals surface area contributed by atoms with E-state index in [-0.39, 0.29) is 23.8 Å². The summed E-state index contributed by atoms with van der Waals surface area (Å²) in [5, 5.41) is 3.85. The van der Waals surface area contributed by atoms with Gasteiger partial charge in [0.1, 0.15) is 11.3 Å². The maximum absolute atomic E-state index is 12.7. The molecule has 4 heterocycles. The molecule has 2 N–H and O–H groups in total. The third-order valence-corrected chi connectivity index (χ3v) is 4.49. The molecule has 108 valence electrons. The zero-order valence-electron chi connectivity index (χ0n) is 11.5. The van der Waals surface area contributed by atoms with Gasteiger partial charge in [-0.3, -0.25) is 9.59 Å². The summed E-state index contributed by atoms with van der Waals surface area (Å²) in [6.45, 7) is 1.25. The van der Waals surface area contributed by atoms with E-state index < -0.39 is 0 Å². The lowest BCUT2D eigenvalue weighted by atomic mass is 9.91. The molecular formula is C15H16N4O2. The van der Waals surface area contributed by atoms with Gasteiger partial charge in [-0.15, -0.1) is 0 Å². The Labute approximate surface area is 121 Å². The molecule has 0 aromatic carbocycles. The van der Waals surface area contributed by atoms with E-state index in [1.807, 2.05) is 23.2 Å². The van der Waals surface area contributed by atoms with Gasteiger partial charge in [-0.1, -0.05) is 0 Å². The summed E-state index contributed by atoms with van der Waals surface area (Å²) >= 11 is 0. The molecular weight excluding hydrogens is 268 g/mol. The van der Waals surface area contributed by atoms with Crippen molar-refractivity contribution < 1.29 is 9.59 Å². The third-order valence-electron chi connectivity index (χ3n) is 4.49. The minimum atomic E-state index is -0.0855. The van der Waals surface area contributed by atoms with Gasteiger partial charge in [-0.2, -0.15) is 0 Å². The first-order valence-corrected chi connectivity index (χ1v) is 7.27. The average Bonchev–Trinajstić information content (AvgIpc) is 3.12. The molecule has 0 bridgehead atoms. The summed E-state index contributed by atoms with van der Waals surface area (Å²) in [6, 6.07) is 5.55. The fraction of sp³-hybridized carbons (Fsp3) is 0.400. The number of nitrogens with zero attached hydrogens (tertiary/aromatic N) is 2. The number of H-pyrrole nitrogens is 1. The lowest BCUT2D eigenvalue weighted by Crippen LogP contribution is -2.48. The predicted octanol–water partition coefficient (Wildman–Crippen LogP) is 0.913. The molecule has 0 aliphatic carbocycles. The van der Waals surface area contributed by atoms with Crippen molar-refractivity contribution in [3.05, 3.63) is 30.1 Å². The number of rotatable bonds is 1. The largest absolute Gasteiger partial charge is 0.354 e. The van der Waals surface area contributed by atoms with Gasteiger partial charge in [0.15, 0.2) is 0 Å². The molecule has 6 nitrogen and oxygen atoms in total. The number of nitrogens with one attached hydrogen (secondary N) is 2. The van der Waals surface area contributed by atoms with E-state index in [1.165, 1.54) is 0 Å². The maximum Gasteiger partial charge on any atom is 0.272 e. The zero-order chi connectivity index (χ0) is 14.4. The number of hydrogen-bond donors (Lipinski definition) is 2. The molecule has 0 radical (unpaired) electrons. The highest BCUT2D eigenvalue weighted by atomic mass is 16.2. The Hall–Kier alpha value is -2.37. The lowest BCUT2D eigenvalue weighted by Gasteiger charge is -2.35. The van der Waals surface area contributed by atoms with Crippen LogP contribution in [0.15, 0.2) is 24.4 Å². The fourth-order valence-corrected chi connectivity index (χ4v) is 3.40. The number of fused-ring (bicyclic) bond motifs is 2. The topological polar surface area (TPSA) is 78.1 Å². The molecule has 2 aromatic heterocycles. The van der Waals surface area contributed by atoms with Crippen molar-refractivity contribution in [3.8, 4) is 0 Å². The summed E-state index contributed by atoms with van der Waals surface area (Å²) in [6.07, 6.45) is 3.54. The van der Waals surface area contributed by atoms with Crippen LogP contribution in [0.4, 0.5) is 0 Å². The number of amides is 2. The van der Waals surface area contributed by atoms with Crippen LogP contribution < -0.4 is 5.32 Å². The molecule has 2 aliphatic rings. The summed E-state index contributed by atoms with van der Waals surface area (Å²) in [5.41, 5.74) is 1.15. The van der Waals surface area contributed by atoms with Gasteiger partial charge < -0.3 is 15.2 Å². The number of aromatic nitrogens is 2. The Balaban J connectivity index is 1.65. The third kappa shape index (κ3) is 1.90. The van der Waals surface area contributed by atoms with Gasteiger partial charge in [-0.05, 0) is 31.0 Å². The molecule has 2 fully saturated rings. The quantitative estimate of drug-likeness (QED) is 0.817. The normalized spacial score (nSPS) is 25.0.